The van der Waals surface area contributed by atoms with E-state index in [2.05, 4.69) is 40.2 Å². The molecule has 2 aromatic heterocycles. The maximum Gasteiger partial charge on any atom is 0.253 e. The number of aromatic nitrogens is 2. The average Bonchev–Trinajstić information content (AvgIpc) is 3.24. The Balaban J connectivity index is 1.74. The van der Waals surface area contributed by atoms with E-state index in [0.29, 0.717) is 0 Å². The van der Waals surface area contributed by atoms with Crippen LogP contribution in [0.3, 0.4) is 0 Å². The maximum atomic E-state index is 12.8. The molecule has 2 aromatic rings. The molecule has 3 rings (SSSR count). The van der Waals surface area contributed by atoms with E-state index in [-0.39, 0.29) is 5.91 Å². The van der Waals surface area contributed by atoms with Crippen molar-refractivity contribution in [2.24, 2.45) is 0 Å². The summed E-state index contributed by atoms with van der Waals surface area (Å²) in [6.07, 6.45) is 10.5. The molecule has 0 aliphatic heterocycles. The van der Waals surface area contributed by atoms with Gasteiger partial charge in [-0.25, -0.2) is 4.98 Å². The van der Waals surface area contributed by atoms with E-state index in [1.807, 2.05) is 13.0 Å². The number of rotatable bonds is 8. The summed E-state index contributed by atoms with van der Waals surface area (Å²) in [5.74, 6) is 0.0346. The summed E-state index contributed by atoms with van der Waals surface area (Å²) in [4.78, 5) is 17.5. The van der Waals surface area contributed by atoms with Gasteiger partial charge in [-0.1, -0.05) is 25.0 Å². The Morgan fingerprint density at radius 2 is 2.19 bits per heavy atom. The van der Waals surface area contributed by atoms with Gasteiger partial charge in [0.1, 0.15) is 0 Å². The van der Waals surface area contributed by atoms with Gasteiger partial charge >= 0.3 is 0 Å². The van der Waals surface area contributed by atoms with E-state index < -0.39 is 0 Å². The molecule has 1 aliphatic rings. The quantitative estimate of drug-likeness (QED) is 0.597. The van der Waals surface area contributed by atoms with Gasteiger partial charge < -0.3 is 9.88 Å². The lowest BCUT2D eigenvalue weighted by Crippen LogP contribution is -2.25. The fourth-order valence-corrected chi connectivity index (χ4v) is 4.34. The molecule has 0 saturated carbocycles. The van der Waals surface area contributed by atoms with Gasteiger partial charge in [0.25, 0.3) is 5.91 Å². The number of aryl methyl sites for hydroxylation is 1. The van der Waals surface area contributed by atoms with Crippen LogP contribution < -0.4 is 5.32 Å². The number of amides is 1. The van der Waals surface area contributed by atoms with E-state index in [4.69, 9.17) is 0 Å². The molecule has 146 valence electrons. The van der Waals surface area contributed by atoms with Gasteiger partial charge in [-0.2, -0.15) is 0 Å². The third-order valence-electron chi connectivity index (χ3n) is 5.34. The maximum absolute atomic E-state index is 12.8. The molecule has 0 atom stereocenters. The minimum atomic E-state index is 0.0346. The number of thiazole rings is 1. The third kappa shape index (κ3) is 4.89. The van der Waals surface area contributed by atoms with Crippen LogP contribution in [0, 0.1) is 13.8 Å². The highest BCUT2D eigenvalue weighted by Gasteiger charge is 2.19. The Kier molecular flexibility index (Phi) is 6.89. The minimum Gasteiger partial charge on any atom is -0.352 e. The first-order valence-electron chi connectivity index (χ1n) is 10.2. The highest BCUT2D eigenvalue weighted by molar-refractivity contribution is 7.09. The number of nitrogens with one attached hydrogen (secondary N) is 1. The Morgan fingerprint density at radius 1 is 1.33 bits per heavy atom. The van der Waals surface area contributed by atoms with Crippen LogP contribution in [-0.4, -0.2) is 22.0 Å². The molecule has 27 heavy (non-hydrogen) atoms. The monoisotopic (exact) mass is 385 g/mol. The van der Waals surface area contributed by atoms with Crippen LogP contribution in [0.25, 0.3) is 11.4 Å². The third-order valence-corrected chi connectivity index (χ3v) is 6.12. The molecule has 2 heterocycles. The Morgan fingerprint density at radius 3 is 2.85 bits per heavy atom. The zero-order valence-corrected chi connectivity index (χ0v) is 17.6. The number of unbranched alkanes of at least 4 members (excludes halogenated alkanes) is 1. The van der Waals surface area contributed by atoms with Crippen LogP contribution in [0.4, 0.5) is 0 Å². The molecule has 0 radical (unpaired) electrons. The Bertz CT molecular complexity index is 816. The predicted molar refractivity (Wildman–Crippen MR) is 113 cm³/mol. The van der Waals surface area contributed by atoms with Crippen molar-refractivity contribution in [1.29, 1.82) is 0 Å². The lowest BCUT2D eigenvalue weighted by Gasteiger charge is -2.13. The van der Waals surface area contributed by atoms with Gasteiger partial charge in [0.2, 0.25) is 0 Å². The first-order chi connectivity index (χ1) is 13.1. The van der Waals surface area contributed by atoms with E-state index in [9.17, 15) is 4.79 Å². The van der Waals surface area contributed by atoms with Gasteiger partial charge in [-0.3, -0.25) is 4.79 Å². The van der Waals surface area contributed by atoms with Gasteiger partial charge in [0, 0.05) is 24.2 Å². The Labute approximate surface area is 166 Å². The molecule has 0 fully saturated rings. The summed E-state index contributed by atoms with van der Waals surface area (Å²) in [5.41, 5.74) is 5.36. The fraction of sp³-hybridized carbons (Fsp3) is 0.545. The van der Waals surface area contributed by atoms with E-state index in [1.165, 1.54) is 31.3 Å². The largest absolute Gasteiger partial charge is 0.352 e. The zero-order valence-electron chi connectivity index (χ0n) is 16.8. The molecule has 0 spiro atoms. The summed E-state index contributed by atoms with van der Waals surface area (Å²) in [7, 11) is 0. The molecule has 5 heteroatoms. The standard InChI is InChI=1S/C22H31N3OS/c1-4-5-13-25-16(2)19(14-21(25)20-15-27-17(3)24-20)22(26)23-12-11-18-9-7-6-8-10-18/h9,14-15H,4-8,10-13H2,1-3H3,(H,23,26). The molecule has 0 bridgehead atoms. The van der Waals surface area contributed by atoms with Crippen LogP contribution >= 0.6 is 11.3 Å². The first kappa shape index (κ1) is 19.9. The molecule has 1 N–H and O–H groups in total. The second-order valence-electron chi connectivity index (χ2n) is 7.40. The van der Waals surface area contributed by atoms with Gasteiger partial charge in [0.05, 0.1) is 22.0 Å². The van der Waals surface area contributed by atoms with E-state index >= 15 is 0 Å². The minimum absolute atomic E-state index is 0.0346. The SMILES string of the molecule is CCCCn1c(-c2csc(C)n2)cc(C(=O)NCCC2=CCCCC2)c1C. The molecule has 1 amide bonds. The van der Waals surface area contributed by atoms with Gasteiger partial charge in [0.15, 0.2) is 0 Å². The van der Waals surface area contributed by atoms with E-state index in [0.717, 1.165) is 60.0 Å². The van der Waals surface area contributed by atoms with Crippen molar-refractivity contribution < 1.29 is 4.79 Å². The second kappa shape index (κ2) is 9.36. The van der Waals surface area contributed by atoms with Crippen molar-refractivity contribution in [2.45, 2.75) is 72.3 Å². The number of nitrogens with zero attached hydrogens (tertiary/aromatic N) is 2. The lowest BCUT2D eigenvalue weighted by molar-refractivity contribution is 0.0953. The molecular formula is C22H31N3OS. The van der Waals surface area contributed by atoms with Crippen molar-refractivity contribution >= 4 is 17.2 Å². The average molecular weight is 386 g/mol. The second-order valence-corrected chi connectivity index (χ2v) is 8.46. The summed E-state index contributed by atoms with van der Waals surface area (Å²) in [6, 6.07) is 2.02. The van der Waals surface area contributed by atoms with Crippen molar-refractivity contribution in [3.63, 3.8) is 0 Å². The fourth-order valence-electron chi connectivity index (χ4n) is 3.74. The molecule has 4 nitrogen and oxygen atoms in total. The number of allylic oxidation sites excluding steroid dienone is 1. The first-order valence-corrected chi connectivity index (χ1v) is 11.1. The van der Waals surface area contributed by atoms with Crippen molar-refractivity contribution in [2.75, 3.05) is 6.54 Å². The highest BCUT2D eigenvalue weighted by Crippen LogP contribution is 2.28. The van der Waals surface area contributed by atoms with Crippen LogP contribution in [-0.2, 0) is 6.54 Å². The highest BCUT2D eigenvalue weighted by atomic mass is 32.1. The molecule has 0 saturated heterocycles. The topological polar surface area (TPSA) is 46.9 Å². The molecule has 0 aromatic carbocycles. The van der Waals surface area contributed by atoms with Gasteiger partial charge in [-0.05, 0) is 58.4 Å². The normalized spacial score (nSPS) is 14.3. The molecule has 1 aliphatic carbocycles. The van der Waals surface area contributed by atoms with Crippen molar-refractivity contribution in [1.82, 2.24) is 14.9 Å². The molecular weight excluding hydrogens is 354 g/mol. The van der Waals surface area contributed by atoms with Crippen molar-refractivity contribution in [3.05, 3.63) is 39.4 Å². The summed E-state index contributed by atoms with van der Waals surface area (Å²) in [6.45, 7) is 7.91. The number of hydrogen-bond donors (Lipinski definition) is 1. The van der Waals surface area contributed by atoms with Crippen LogP contribution in [0.15, 0.2) is 23.1 Å². The number of carbonyl (C=O) groups is 1. The molecule has 0 unspecified atom stereocenters. The van der Waals surface area contributed by atoms with Crippen LogP contribution in [0.2, 0.25) is 0 Å². The number of carbonyl (C=O) groups excluding carboxylic acids is 1. The summed E-state index contributed by atoms with van der Waals surface area (Å²) >= 11 is 1.65. The van der Waals surface area contributed by atoms with Crippen LogP contribution in [0.5, 0.6) is 0 Å². The smallest absolute Gasteiger partial charge is 0.253 e. The summed E-state index contributed by atoms with van der Waals surface area (Å²) in [5, 5.41) is 6.27. The predicted octanol–water partition coefficient (Wildman–Crippen LogP) is 5.65. The van der Waals surface area contributed by atoms with Crippen molar-refractivity contribution in [3.8, 4) is 11.4 Å². The van der Waals surface area contributed by atoms with Crippen LogP contribution in [0.1, 0.15) is 72.9 Å². The lowest BCUT2D eigenvalue weighted by atomic mass is 9.97. The summed E-state index contributed by atoms with van der Waals surface area (Å²) < 4.78 is 2.26. The van der Waals surface area contributed by atoms with Gasteiger partial charge in [-0.15, -0.1) is 11.3 Å². The Hall–Kier alpha value is -1.88. The zero-order chi connectivity index (χ0) is 19.2. The number of hydrogen-bond acceptors (Lipinski definition) is 3. The van der Waals surface area contributed by atoms with E-state index in [1.54, 1.807) is 11.3 Å².